The van der Waals surface area contributed by atoms with Gasteiger partial charge in [-0.25, -0.2) is 0 Å². The summed E-state index contributed by atoms with van der Waals surface area (Å²) in [5, 5.41) is 8.80. The summed E-state index contributed by atoms with van der Waals surface area (Å²) in [6, 6.07) is 3.75. The molecule has 0 saturated carbocycles. The van der Waals surface area contributed by atoms with Gasteiger partial charge in [0.05, 0.1) is 11.6 Å². The number of nitriles is 1. The van der Waals surface area contributed by atoms with E-state index in [9.17, 15) is 0 Å². The van der Waals surface area contributed by atoms with E-state index in [1.807, 2.05) is 0 Å². The van der Waals surface area contributed by atoms with Crippen LogP contribution < -0.4 is 5.73 Å². The van der Waals surface area contributed by atoms with E-state index in [1.54, 1.807) is 18.5 Å². The maximum absolute atomic E-state index is 8.80. The Hall–Kier alpha value is -1.40. The fraction of sp³-hybridized carbons (Fsp3) is 0.400. The normalized spacial score (nSPS) is 12.1. The molecular formula is C10H13N3. The molecule has 68 valence electrons. The van der Waals surface area contributed by atoms with Gasteiger partial charge in [-0.3, -0.25) is 4.98 Å². The lowest BCUT2D eigenvalue weighted by molar-refractivity contribution is 0.635. The molecule has 0 aliphatic carbocycles. The lowest BCUT2D eigenvalue weighted by atomic mass is 10.0. The van der Waals surface area contributed by atoms with Crippen LogP contribution in [0.2, 0.25) is 0 Å². The molecule has 1 heterocycles. The maximum Gasteiger partial charge on any atom is 0.0996 e. The van der Waals surface area contributed by atoms with Gasteiger partial charge in [-0.05, 0) is 12.5 Å². The summed E-state index contributed by atoms with van der Waals surface area (Å²) < 4.78 is 0. The summed E-state index contributed by atoms with van der Waals surface area (Å²) >= 11 is 0. The zero-order valence-electron chi connectivity index (χ0n) is 7.70. The van der Waals surface area contributed by atoms with Gasteiger partial charge >= 0.3 is 0 Å². The predicted molar refractivity (Wildman–Crippen MR) is 50.8 cm³/mol. The van der Waals surface area contributed by atoms with Gasteiger partial charge in [0.15, 0.2) is 0 Å². The maximum atomic E-state index is 8.80. The van der Waals surface area contributed by atoms with Crippen molar-refractivity contribution in [1.82, 2.24) is 4.98 Å². The predicted octanol–water partition coefficient (Wildman–Crippen LogP) is 1.75. The number of rotatable bonds is 3. The lowest BCUT2D eigenvalue weighted by Crippen LogP contribution is -2.11. The minimum Gasteiger partial charge on any atom is -0.324 e. The Balaban J connectivity index is 2.93. The van der Waals surface area contributed by atoms with E-state index in [4.69, 9.17) is 11.0 Å². The fourth-order valence-corrected chi connectivity index (χ4v) is 1.27. The zero-order valence-corrected chi connectivity index (χ0v) is 7.70. The van der Waals surface area contributed by atoms with E-state index in [0.29, 0.717) is 5.56 Å². The standard InChI is InChI=1S/C10H13N3/c1-2-3-10(12)9-7-13-5-4-8(9)6-11/h4-5,7,10H,2-3,12H2,1H3/t10-/m0/s1. The molecule has 0 saturated heterocycles. The second-order valence-electron chi connectivity index (χ2n) is 2.97. The van der Waals surface area contributed by atoms with Crippen LogP contribution >= 0.6 is 0 Å². The molecule has 0 aromatic carbocycles. The average Bonchev–Trinajstić information content (AvgIpc) is 2.18. The Morgan fingerprint density at radius 2 is 2.46 bits per heavy atom. The largest absolute Gasteiger partial charge is 0.324 e. The first kappa shape index (κ1) is 9.69. The zero-order chi connectivity index (χ0) is 9.68. The Morgan fingerprint density at radius 1 is 1.69 bits per heavy atom. The van der Waals surface area contributed by atoms with E-state index in [0.717, 1.165) is 18.4 Å². The van der Waals surface area contributed by atoms with E-state index >= 15 is 0 Å². The Bertz CT molecular complexity index is 314. The van der Waals surface area contributed by atoms with Crippen molar-refractivity contribution < 1.29 is 0 Å². The van der Waals surface area contributed by atoms with Crippen molar-refractivity contribution in [2.24, 2.45) is 5.73 Å². The summed E-state index contributed by atoms with van der Waals surface area (Å²) in [5.74, 6) is 0. The topological polar surface area (TPSA) is 62.7 Å². The molecule has 0 aliphatic heterocycles. The number of hydrogen-bond donors (Lipinski definition) is 1. The summed E-state index contributed by atoms with van der Waals surface area (Å²) in [6.07, 6.45) is 5.20. The number of aromatic nitrogens is 1. The molecule has 1 rings (SSSR count). The Kier molecular flexibility index (Phi) is 3.41. The average molecular weight is 175 g/mol. The fourth-order valence-electron chi connectivity index (χ4n) is 1.27. The molecule has 0 fully saturated rings. The molecule has 0 spiro atoms. The van der Waals surface area contributed by atoms with Gasteiger partial charge in [-0.2, -0.15) is 5.26 Å². The third-order valence-corrected chi connectivity index (χ3v) is 1.97. The summed E-state index contributed by atoms with van der Waals surface area (Å²) in [6.45, 7) is 2.07. The minimum absolute atomic E-state index is 0.0617. The monoisotopic (exact) mass is 175 g/mol. The summed E-state index contributed by atoms with van der Waals surface area (Å²) in [5.41, 5.74) is 7.38. The van der Waals surface area contributed by atoms with E-state index in [2.05, 4.69) is 18.0 Å². The van der Waals surface area contributed by atoms with Crippen LogP contribution in [0.5, 0.6) is 0 Å². The molecule has 1 aromatic heterocycles. The molecule has 3 nitrogen and oxygen atoms in total. The highest BCUT2D eigenvalue weighted by Crippen LogP contribution is 2.17. The van der Waals surface area contributed by atoms with E-state index in [-0.39, 0.29) is 6.04 Å². The van der Waals surface area contributed by atoms with Crippen LogP contribution in [0.4, 0.5) is 0 Å². The number of nitrogens with zero attached hydrogens (tertiary/aromatic N) is 2. The van der Waals surface area contributed by atoms with Gasteiger partial charge < -0.3 is 5.73 Å². The molecule has 2 N–H and O–H groups in total. The van der Waals surface area contributed by atoms with Crippen molar-refractivity contribution >= 4 is 0 Å². The third kappa shape index (κ3) is 2.27. The van der Waals surface area contributed by atoms with Crippen molar-refractivity contribution in [1.29, 1.82) is 5.26 Å². The molecule has 0 unspecified atom stereocenters. The quantitative estimate of drug-likeness (QED) is 0.761. The highest BCUT2D eigenvalue weighted by molar-refractivity contribution is 5.36. The lowest BCUT2D eigenvalue weighted by Gasteiger charge is -2.10. The van der Waals surface area contributed by atoms with Crippen LogP contribution in [0.3, 0.4) is 0 Å². The van der Waals surface area contributed by atoms with Crippen molar-refractivity contribution in [3.63, 3.8) is 0 Å². The second-order valence-corrected chi connectivity index (χ2v) is 2.97. The first-order chi connectivity index (χ1) is 6.29. The second kappa shape index (κ2) is 4.58. The van der Waals surface area contributed by atoms with Crippen LogP contribution in [-0.4, -0.2) is 4.98 Å². The molecule has 13 heavy (non-hydrogen) atoms. The van der Waals surface area contributed by atoms with E-state index in [1.165, 1.54) is 0 Å². The van der Waals surface area contributed by atoms with E-state index < -0.39 is 0 Å². The SMILES string of the molecule is CCC[C@H](N)c1cnccc1C#N. The molecule has 0 aliphatic rings. The van der Waals surface area contributed by atoms with Crippen LogP contribution in [-0.2, 0) is 0 Å². The van der Waals surface area contributed by atoms with Gasteiger partial charge in [-0.1, -0.05) is 13.3 Å². The van der Waals surface area contributed by atoms with Gasteiger partial charge in [0, 0.05) is 24.0 Å². The number of pyridine rings is 1. The van der Waals surface area contributed by atoms with Gasteiger partial charge in [0.2, 0.25) is 0 Å². The molecule has 0 amide bonds. The highest BCUT2D eigenvalue weighted by atomic mass is 14.7. The van der Waals surface area contributed by atoms with Gasteiger partial charge in [-0.15, -0.1) is 0 Å². The summed E-state index contributed by atoms with van der Waals surface area (Å²) in [4.78, 5) is 3.97. The smallest absolute Gasteiger partial charge is 0.0996 e. The van der Waals surface area contributed by atoms with Crippen LogP contribution in [0.15, 0.2) is 18.5 Å². The van der Waals surface area contributed by atoms with Gasteiger partial charge in [0.1, 0.15) is 0 Å². The van der Waals surface area contributed by atoms with Crippen molar-refractivity contribution in [2.75, 3.05) is 0 Å². The minimum atomic E-state index is -0.0617. The van der Waals surface area contributed by atoms with Crippen molar-refractivity contribution in [3.8, 4) is 6.07 Å². The third-order valence-electron chi connectivity index (χ3n) is 1.97. The molecule has 1 atom stereocenters. The summed E-state index contributed by atoms with van der Waals surface area (Å²) in [7, 11) is 0. The van der Waals surface area contributed by atoms with Crippen LogP contribution in [0, 0.1) is 11.3 Å². The van der Waals surface area contributed by atoms with Crippen LogP contribution in [0.1, 0.15) is 36.9 Å². The highest BCUT2D eigenvalue weighted by Gasteiger charge is 2.09. The van der Waals surface area contributed by atoms with Crippen LogP contribution in [0.25, 0.3) is 0 Å². The first-order valence-electron chi connectivity index (χ1n) is 4.39. The number of nitrogens with two attached hydrogens (primary N) is 1. The van der Waals surface area contributed by atoms with Gasteiger partial charge in [0.25, 0.3) is 0 Å². The van der Waals surface area contributed by atoms with Crippen molar-refractivity contribution in [3.05, 3.63) is 29.6 Å². The molecule has 3 heteroatoms. The first-order valence-corrected chi connectivity index (χ1v) is 4.39. The van der Waals surface area contributed by atoms with Crippen molar-refractivity contribution in [2.45, 2.75) is 25.8 Å². The Labute approximate surface area is 78.2 Å². The number of hydrogen-bond acceptors (Lipinski definition) is 3. The molecule has 0 radical (unpaired) electrons. The Morgan fingerprint density at radius 3 is 3.08 bits per heavy atom. The molecular weight excluding hydrogens is 162 g/mol. The molecule has 0 bridgehead atoms. The molecule has 1 aromatic rings.